The first-order valence-electron chi connectivity index (χ1n) is 9.18. The van der Waals surface area contributed by atoms with Crippen molar-refractivity contribution in [2.24, 2.45) is 0 Å². The van der Waals surface area contributed by atoms with Crippen LogP contribution in [0.4, 0.5) is 5.69 Å². The number of carbonyl (C=O) groups is 1. The van der Waals surface area contributed by atoms with Gasteiger partial charge >= 0.3 is 0 Å². The molecule has 0 unspecified atom stereocenters. The van der Waals surface area contributed by atoms with Crippen molar-refractivity contribution < 1.29 is 13.2 Å². The number of fused-ring (bicyclic) bond motifs is 1. The van der Waals surface area contributed by atoms with Crippen LogP contribution in [0, 0.1) is 0 Å². The van der Waals surface area contributed by atoms with Crippen molar-refractivity contribution in [3.63, 3.8) is 0 Å². The molecular formula is C21H25N3O3S. The molecule has 2 aromatic carbocycles. The predicted molar refractivity (Wildman–Crippen MR) is 113 cm³/mol. The number of carbonyl (C=O) groups excluding carboxylic acids is 1. The van der Waals surface area contributed by atoms with E-state index in [-0.39, 0.29) is 18.9 Å². The molecule has 0 bridgehead atoms. The van der Waals surface area contributed by atoms with Gasteiger partial charge in [0.15, 0.2) is 0 Å². The number of sulfonamides is 1. The fourth-order valence-electron chi connectivity index (χ4n) is 3.21. The summed E-state index contributed by atoms with van der Waals surface area (Å²) in [5.41, 5.74) is 2.89. The van der Waals surface area contributed by atoms with Gasteiger partial charge in [-0.3, -0.25) is 4.79 Å². The quantitative estimate of drug-likeness (QED) is 0.633. The molecule has 0 saturated heterocycles. The molecule has 28 heavy (non-hydrogen) atoms. The van der Waals surface area contributed by atoms with Gasteiger partial charge in [0, 0.05) is 49.3 Å². The predicted octanol–water partition coefficient (Wildman–Crippen LogP) is 3.03. The maximum Gasteiger partial charge on any atom is 0.228 e. The number of hydrogen-bond acceptors (Lipinski definition) is 3. The van der Waals surface area contributed by atoms with Crippen molar-refractivity contribution in [1.29, 1.82) is 0 Å². The first kappa shape index (κ1) is 20.1. The molecule has 0 spiro atoms. The average molecular weight is 400 g/mol. The van der Waals surface area contributed by atoms with Crippen LogP contribution in [0.3, 0.4) is 0 Å². The van der Waals surface area contributed by atoms with Crippen LogP contribution in [0.15, 0.2) is 60.8 Å². The Kier molecular flexibility index (Phi) is 6.16. The average Bonchev–Trinajstić information content (AvgIpc) is 3.10. The number of nitrogens with one attached hydrogen (secondary N) is 1. The van der Waals surface area contributed by atoms with Crippen molar-refractivity contribution in [2.45, 2.75) is 12.8 Å². The van der Waals surface area contributed by atoms with E-state index in [2.05, 4.69) is 4.98 Å². The van der Waals surface area contributed by atoms with Crippen molar-refractivity contribution in [1.82, 2.24) is 9.29 Å². The lowest BCUT2D eigenvalue weighted by molar-refractivity contribution is -0.118. The lowest BCUT2D eigenvalue weighted by Crippen LogP contribution is -2.36. The largest absolute Gasteiger partial charge is 0.361 e. The van der Waals surface area contributed by atoms with Crippen molar-refractivity contribution in [3.8, 4) is 0 Å². The highest BCUT2D eigenvalue weighted by atomic mass is 32.2. The second kappa shape index (κ2) is 8.58. The normalized spacial score (nSPS) is 11.8. The van der Waals surface area contributed by atoms with Gasteiger partial charge in [0.1, 0.15) is 0 Å². The highest BCUT2D eigenvalue weighted by Gasteiger charge is 2.20. The monoisotopic (exact) mass is 399 g/mol. The van der Waals surface area contributed by atoms with E-state index < -0.39 is 10.0 Å². The summed E-state index contributed by atoms with van der Waals surface area (Å²) in [5, 5.41) is 1.09. The Labute approximate surface area is 165 Å². The Hall–Kier alpha value is -2.64. The van der Waals surface area contributed by atoms with E-state index >= 15 is 0 Å². The van der Waals surface area contributed by atoms with Crippen LogP contribution in [-0.2, 0) is 21.2 Å². The van der Waals surface area contributed by atoms with Gasteiger partial charge in [-0.1, -0.05) is 36.4 Å². The number of hydrogen-bond donors (Lipinski definition) is 1. The van der Waals surface area contributed by atoms with Crippen molar-refractivity contribution >= 4 is 32.5 Å². The zero-order valence-electron chi connectivity index (χ0n) is 16.1. The van der Waals surface area contributed by atoms with E-state index in [9.17, 15) is 13.2 Å². The number of amides is 1. The van der Waals surface area contributed by atoms with Crippen LogP contribution >= 0.6 is 0 Å². The molecule has 3 aromatic rings. The number of rotatable bonds is 8. The molecule has 0 aliphatic carbocycles. The summed E-state index contributed by atoms with van der Waals surface area (Å²) >= 11 is 0. The maximum atomic E-state index is 12.5. The van der Waals surface area contributed by atoms with Crippen molar-refractivity contribution in [2.75, 3.05) is 31.3 Å². The first-order chi connectivity index (χ1) is 13.4. The molecule has 1 N–H and O–H groups in total. The molecule has 0 aliphatic rings. The first-order valence-corrected chi connectivity index (χ1v) is 11.0. The Morgan fingerprint density at radius 2 is 1.68 bits per heavy atom. The lowest BCUT2D eigenvalue weighted by atomic mass is 10.1. The highest BCUT2D eigenvalue weighted by Crippen LogP contribution is 2.19. The van der Waals surface area contributed by atoms with Crippen molar-refractivity contribution in [3.05, 3.63) is 66.4 Å². The van der Waals surface area contributed by atoms with E-state index in [0.717, 1.165) is 22.2 Å². The maximum absolute atomic E-state index is 12.5. The Morgan fingerprint density at radius 3 is 2.39 bits per heavy atom. The van der Waals surface area contributed by atoms with E-state index in [1.165, 1.54) is 10.6 Å². The zero-order chi connectivity index (χ0) is 20.1. The molecule has 1 heterocycles. The second-order valence-electron chi connectivity index (χ2n) is 6.81. The van der Waals surface area contributed by atoms with Crippen LogP contribution < -0.4 is 4.90 Å². The van der Waals surface area contributed by atoms with Gasteiger partial charge in [-0.25, -0.2) is 12.7 Å². The zero-order valence-corrected chi connectivity index (χ0v) is 16.9. The number of aromatic amines is 1. The fourth-order valence-corrected chi connectivity index (χ4v) is 4.06. The minimum atomic E-state index is -3.41. The summed E-state index contributed by atoms with van der Waals surface area (Å²) < 4.78 is 25.8. The lowest BCUT2D eigenvalue weighted by Gasteiger charge is -2.22. The summed E-state index contributed by atoms with van der Waals surface area (Å²) in [6.07, 6.45) is 3.82. The van der Waals surface area contributed by atoms with Crippen LogP contribution in [0.25, 0.3) is 10.9 Å². The highest BCUT2D eigenvalue weighted by molar-refractivity contribution is 7.88. The number of H-pyrrole nitrogens is 1. The summed E-state index contributed by atoms with van der Waals surface area (Å²) in [4.78, 5) is 17.2. The number of para-hydroxylation sites is 2. The Balaban J connectivity index is 1.63. The molecule has 7 heteroatoms. The van der Waals surface area contributed by atoms with Gasteiger partial charge in [0.2, 0.25) is 15.9 Å². The molecule has 0 aliphatic heterocycles. The van der Waals surface area contributed by atoms with Crippen LogP contribution in [0.5, 0.6) is 0 Å². The molecule has 1 amide bonds. The molecular weight excluding hydrogens is 374 g/mol. The summed E-state index contributed by atoms with van der Waals surface area (Å²) in [7, 11) is -1.70. The summed E-state index contributed by atoms with van der Waals surface area (Å²) in [6.45, 7) is 0.500. The van der Waals surface area contributed by atoms with Crippen LogP contribution in [0.1, 0.15) is 12.0 Å². The van der Waals surface area contributed by atoms with Gasteiger partial charge in [-0.2, -0.15) is 0 Å². The van der Waals surface area contributed by atoms with Gasteiger partial charge in [-0.15, -0.1) is 0 Å². The summed E-state index contributed by atoms with van der Waals surface area (Å²) in [6, 6.07) is 17.2. The second-order valence-corrected chi connectivity index (χ2v) is 8.79. The molecule has 0 saturated carbocycles. The molecule has 1 aromatic heterocycles. The molecule has 0 atom stereocenters. The number of benzene rings is 2. The van der Waals surface area contributed by atoms with E-state index in [1.54, 1.807) is 11.9 Å². The number of aromatic nitrogens is 1. The number of anilines is 1. The molecule has 3 rings (SSSR count). The Bertz CT molecular complexity index is 1040. The SMILES string of the molecule is CN(C(=O)CCN(CCc1c[nH]c2ccccc12)S(C)(=O)=O)c1ccccc1. The van der Waals surface area contributed by atoms with E-state index in [1.807, 2.05) is 60.8 Å². The van der Waals surface area contributed by atoms with E-state index in [4.69, 9.17) is 0 Å². The Morgan fingerprint density at radius 1 is 1.00 bits per heavy atom. The number of nitrogens with zero attached hydrogens (tertiary/aromatic N) is 2. The third-order valence-corrected chi connectivity index (χ3v) is 6.17. The minimum absolute atomic E-state index is 0.119. The van der Waals surface area contributed by atoms with Gasteiger partial charge in [0.25, 0.3) is 0 Å². The third kappa shape index (κ3) is 4.79. The topological polar surface area (TPSA) is 73.5 Å². The van der Waals surface area contributed by atoms with Gasteiger partial charge in [0.05, 0.1) is 6.26 Å². The van der Waals surface area contributed by atoms with Gasteiger partial charge in [-0.05, 0) is 30.2 Å². The van der Waals surface area contributed by atoms with Gasteiger partial charge < -0.3 is 9.88 Å². The minimum Gasteiger partial charge on any atom is -0.361 e. The molecule has 0 radical (unpaired) electrons. The summed E-state index contributed by atoms with van der Waals surface area (Å²) in [5.74, 6) is -0.119. The van der Waals surface area contributed by atoms with E-state index in [0.29, 0.717) is 13.0 Å². The third-order valence-electron chi connectivity index (χ3n) is 4.87. The van der Waals surface area contributed by atoms with Crippen LogP contribution in [0.2, 0.25) is 0 Å². The smallest absolute Gasteiger partial charge is 0.228 e. The molecule has 6 nitrogen and oxygen atoms in total. The standard InChI is InChI=1S/C21H25N3O3S/c1-23(18-8-4-3-5-9-18)21(25)13-15-24(28(2,26)27)14-12-17-16-22-20-11-7-6-10-19(17)20/h3-11,16,22H,12-15H2,1-2H3. The fraction of sp³-hybridized carbons (Fsp3) is 0.286. The molecule has 0 fully saturated rings. The van der Waals surface area contributed by atoms with Crippen LogP contribution in [-0.4, -0.2) is 50.0 Å². The molecule has 148 valence electrons.